The van der Waals surface area contributed by atoms with E-state index in [1.807, 2.05) is 6.07 Å². The third-order valence-corrected chi connectivity index (χ3v) is 5.26. The van der Waals surface area contributed by atoms with Gasteiger partial charge in [-0.15, -0.1) is 0 Å². The van der Waals surface area contributed by atoms with Crippen molar-refractivity contribution in [3.05, 3.63) is 45.3 Å². The Labute approximate surface area is 138 Å². The van der Waals surface area contributed by atoms with Gasteiger partial charge in [-0.3, -0.25) is 4.90 Å². The fraction of sp³-hybridized carbons (Fsp3) is 0.550. The first-order chi connectivity index (χ1) is 10.9. The summed E-state index contributed by atoms with van der Waals surface area (Å²) in [6.45, 7) is 9.57. The summed E-state index contributed by atoms with van der Waals surface area (Å²) in [5.74, 6) is 1.28. The van der Waals surface area contributed by atoms with Crippen LogP contribution in [0.4, 0.5) is 0 Å². The minimum Gasteiger partial charge on any atom is -0.423 e. The summed E-state index contributed by atoms with van der Waals surface area (Å²) in [5.41, 5.74) is 4.05. The molecule has 0 spiro atoms. The van der Waals surface area contributed by atoms with Gasteiger partial charge in [0.15, 0.2) is 0 Å². The van der Waals surface area contributed by atoms with Crippen molar-refractivity contribution < 1.29 is 4.42 Å². The highest BCUT2D eigenvalue weighted by Gasteiger charge is 2.30. The number of hydrogen-bond acceptors (Lipinski definition) is 3. The van der Waals surface area contributed by atoms with Crippen LogP contribution in [-0.4, -0.2) is 18.0 Å². The standard InChI is InChI=1S/C20H27NO2/c1-12(2)17-10-18-16(11-21(5)14(4)15-6-7-15)9-20(22)23-19(18)8-13(17)3/h8-10,12,14-15H,6-7,11H2,1-5H3. The summed E-state index contributed by atoms with van der Waals surface area (Å²) in [5, 5.41) is 1.08. The Morgan fingerprint density at radius 3 is 2.52 bits per heavy atom. The summed E-state index contributed by atoms with van der Waals surface area (Å²) in [6.07, 6.45) is 2.67. The molecule has 0 bridgehead atoms. The lowest BCUT2D eigenvalue weighted by molar-refractivity contribution is 0.227. The Morgan fingerprint density at radius 1 is 1.22 bits per heavy atom. The number of fused-ring (bicyclic) bond motifs is 1. The van der Waals surface area contributed by atoms with Crippen molar-refractivity contribution in [1.82, 2.24) is 4.90 Å². The van der Waals surface area contributed by atoms with Crippen LogP contribution in [0.25, 0.3) is 11.0 Å². The smallest absolute Gasteiger partial charge is 0.336 e. The topological polar surface area (TPSA) is 33.5 Å². The Kier molecular flexibility index (Phi) is 4.33. The Morgan fingerprint density at radius 2 is 1.91 bits per heavy atom. The second-order valence-corrected chi connectivity index (χ2v) is 7.44. The predicted octanol–water partition coefficient (Wildman–Crippen LogP) is 4.46. The van der Waals surface area contributed by atoms with Crippen LogP contribution < -0.4 is 5.63 Å². The largest absolute Gasteiger partial charge is 0.423 e. The second kappa shape index (κ2) is 6.12. The highest BCUT2D eigenvalue weighted by Crippen LogP contribution is 2.35. The SMILES string of the molecule is Cc1cc2oc(=O)cc(CN(C)C(C)C3CC3)c2cc1C(C)C. The molecule has 1 fully saturated rings. The number of hydrogen-bond donors (Lipinski definition) is 0. The maximum atomic E-state index is 11.9. The molecule has 0 radical (unpaired) electrons. The van der Waals surface area contributed by atoms with Crippen LogP contribution in [-0.2, 0) is 6.54 Å². The van der Waals surface area contributed by atoms with Crippen molar-refractivity contribution in [2.75, 3.05) is 7.05 Å². The summed E-state index contributed by atoms with van der Waals surface area (Å²) < 4.78 is 5.45. The van der Waals surface area contributed by atoms with Crippen molar-refractivity contribution in [3.8, 4) is 0 Å². The number of benzene rings is 1. The van der Waals surface area contributed by atoms with E-state index in [2.05, 4.69) is 45.7 Å². The molecule has 2 aromatic rings. The maximum absolute atomic E-state index is 11.9. The van der Waals surface area contributed by atoms with Crippen LogP contribution in [0.5, 0.6) is 0 Å². The van der Waals surface area contributed by atoms with Crippen molar-refractivity contribution in [1.29, 1.82) is 0 Å². The van der Waals surface area contributed by atoms with E-state index >= 15 is 0 Å². The van der Waals surface area contributed by atoms with Gasteiger partial charge in [0, 0.05) is 24.0 Å². The first-order valence-electron chi connectivity index (χ1n) is 8.64. The molecule has 0 saturated heterocycles. The lowest BCUT2D eigenvalue weighted by atomic mass is 9.94. The van der Waals surface area contributed by atoms with E-state index in [1.54, 1.807) is 6.07 Å². The number of aryl methyl sites for hydroxylation is 1. The fourth-order valence-electron chi connectivity index (χ4n) is 3.50. The van der Waals surface area contributed by atoms with Crippen LogP contribution in [0.1, 0.15) is 56.2 Å². The van der Waals surface area contributed by atoms with E-state index in [0.717, 1.165) is 23.4 Å². The zero-order valence-corrected chi connectivity index (χ0v) is 14.8. The van der Waals surface area contributed by atoms with Crippen LogP contribution in [0.2, 0.25) is 0 Å². The third-order valence-electron chi connectivity index (χ3n) is 5.26. The zero-order chi connectivity index (χ0) is 16.7. The summed E-state index contributed by atoms with van der Waals surface area (Å²) in [6, 6.07) is 6.45. The monoisotopic (exact) mass is 313 g/mol. The lowest BCUT2D eigenvalue weighted by Gasteiger charge is -2.25. The minimum atomic E-state index is -0.253. The van der Waals surface area contributed by atoms with Crippen LogP contribution in [0, 0.1) is 12.8 Å². The van der Waals surface area contributed by atoms with Gasteiger partial charge in [-0.2, -0.15) is 0 Å². The molecule has 1 heterocycles. The number of nitrogens with zero attached hydrogens (tertiary/aromatic N) is 1. The van der Waals surface area contributed by atoms with Crippen molar-refractivity contribution in [3.63, 3.8) is 0 Å². The number of rotatable bonds is 5. The molecule has 1 saturated carbocycles. The van der Waals surface area contributed by atoms with E-state index in [1.165, 1.54) is 24.0 Å². The average molecular weight is 313 g/mol. The van der Waals surface area contributed by atoms with Gasteiger partial charge in [0.05, 0.1) is 0 Å². The van der Waals surface area contributed by atoms with Crippen LogP contribution in [0.15, 0.2) is 27.4 Å². The van der Waals surface area contributed by atoms with Gasteiger partial charge in [0.25, 0.3) is 0 Å². The molecular weight excluding hydrogens is 286 g/mol. The van der Waals surface area contributed by atoms with Gasteiger partial charge in [-0.25, -0.2) is 4.79 Å². The highest BCUT2D eigenvalue weighted by molar-refractivity contribution is 5.82. The molecule has 1 aliphatic carbocycles. The summed E-state index contributed by atoms with van der Waals surface area (Å²) in [4.78, 5) is 14.3. The third kappa shape index (κ3) is 3.35. The van der Waals surface area contributed by atoms with E-state index in [-0.39, 0.29) is 5.63 Å². The molecule has 23 heavy (non-hydrogen) atoms. The van der Waals surface area contributed by atoms with Crippen LogP contribution >= 0.6 is 0 Å². The molecule has 124 valence electrons. The molecular formula is C20H27NO2. The van der Waals surface area contributed by atoms with E-state index in [0.29, 0.717) is 17.5 Å². The van der Waals surface area contributed by atoms with Gasteiger partial charge < -0.3 is 4.42 Å². The van der Waals surface area contributed by atoms with Gasteiger partial charge in [0.2, 0.25) is 0 Å². The quantitative estimate of drug-likeness (QED) is 0.764. The molecule has 0 aliphatic heterocycles. The average Bonchev–Trinajstić information content (AvgIpc) is 3.29. The van der Waals surface area contributed by atoms with Crippen molar-refractivity contribution >= 4 is 11.0 Å². The zero-order valence-electron chi connectivity index (χ0n) is 14.8. The Balaban J connectivity index is 2.03. The van der Waals surface area contributed by atoms with Gasteiger partial charge >= 0.3 is 5.63 Å². The molecule has 3 rings (SSSR count). The van der Waals surface area contributed by atoms with Crippen LogP contribution in [0.3, 0.4) is 0 Å². The van der Waals surface area contributed by atoms with E-state index in [9.17, 15) is 4.79 Å². The molecule has 0 N–H and O–H groups in total. The normalized spacial score (nSPS) is 16.5. The molecule has 1 unspecified atom stereocenters. The lowest BCUT2D eigenvalue weighted by Crippen LogP contribution is -2.30. The maximum Gasteiger partial charge on any atom is 0.336 e. The molecule has 1 atom stereocenters. The van der Waals surface area contributed by atoms with Gasteiger partial charge in [-0.1, -0.05) is 13.8 Å². The van der Waals surface area contributed by atoms with Gasteiger partial charge in [-0.05, 0) is 74.4 Å². The molecule has 3 heteroatoms. The first kappa shape index (κ1) is 16.3. The Hall–Kier alpha value is -1.61. The molecule has 1 aliphatic rings. The predicted molar refractivity (Wildman–Crippen MR) is 95.0 cm³/mol. The summed E-state index contributed by atoms with van der Waals surface area (Å²) in [7, 11) is 2.15. The van der Waals surface area contributed by atoms with Crippen molar-refractivity contribution in [2.45, 2.75) is 59.0 Å². The van der Waals surface area contributed by atoms with Crippen molar-refractivity contribution in [2.24, 2.45) is 5.92 Å². The summed E-state index contributed by atoms with van der Waals surface area (Å²) >= 11 is 0. The molecule has 1 aromatic carbocycles. The molecule has 0 amide bonds. The molecule has 1 aromatic heterocycles. The highest BCUT2D eigenvalue weighted by atomic mass is 16.4. The second-order valence-electron chi connectivity index (χ2n) is 7.44. The fourth-order valence-corrected chi connectivity index (χ4v) is 3.50. The van der Waals surface area contributed by atoms with E-state index < -0.39 is 0 Å². The Bertz CT molecular complexity index is 771. The molecule has 3 nitrogen and oxygen atoms in total. The minimum absolute atomic E-state index is 0.253. The van der Waals surface area contributed by atoms with E-state index in [4.69, 9.17) is 4.42 Å². The van der Waals surface area contributed by atoms with Gasteiger partial charge in [0.1, 0.15) is 5.58 Å². The first-order valence-corrected chi connectivity index (χ1v) is 8.64.